The van der Waals surface area contributed by atoms with Gasteiger partial charge < -0.3 is 13.7 Å². The second-order valence-electron chi connectivity index (χ2n) is 15.2. The van der Waals surface area contributed by atoms with Gasteiger partial charge in [0.05, 0.1) is 10.8 Å². The van der Waals surface area contributed by atoms with E-state index in [2.05, 4.69) is 205 Å². The highest BCUT2D eigenvalue weighted by molar-refractivity contribution is 6.23. The van der Waals surface area contributed by atoms with Gasteiger partial charge in [0, 0.05) is 38.8 Å². The molecular weight excluding hydrogens is 707 g/mol. The number of furan rings is 2. The number of hydrogen-bond acceptors (Lipinski definition) is 3. The smallest absolute Gasteiger partial charge is 0.147 e. The van der Waals surface area contributed by atoms with Gasteiger partial charge in [-0.1, -0.05) is 158 Å². The summed E-state index contributed by atoms with van der Waals surface area (Å²) in [7, 11) is 0. The molecular formula is C55H35NO2. The minimum atomic E-state index is -0.503. The summed E-state index contributed by atoms with van der Waals surface area (Å²) in [6, 6.07) is 76.3. The fraction of sp³-hybridized carbons (Fsp3) is 0.0182. The monoisotopic (exact) mass is 741 g/mol. The first kappa shape index (κ1) is 32.6. The van der Waals surface area contributed by atoms with Gasteiger partial charge in [-0.2, -0.15) is 0 Å². The van der Waals surface area contributed by atoms with Gasteiger partial charge in [0.15, 0.2) is 0 Å². The van der Waals surface area contributed by atoms with Crippen molar-refractivity contribution in [3.63, 3.8) is 0 Å². The molecule has 11 aromatic rings. The summed E-state index contributed by atoms with van der Waals surface area (Å²) in [6.07, 6.45) is 0. The molecule has 0 aliphatic heterocycles. The lowest BCUT2D eigenvalue weighted by molar-refractivity contribution is 0.663. The Morgan fingerprint density at radius 1 is 0.345 bits per heavy atom. The van der Waals surface area contributed by atoms with Gasteiger partial charge in [0.25, 0.3) is 0 Å². The Kier molecular flexibility index (Phi) is 7.14. The second kappa shape index (κ2) is 12.7. The Balaban J connectivity index is 1.06. The summed E-state index contributed by atoms with van der Waals surface area (Å²) in [6.45, 7) is 0. The molecule has 3 nitrogen and oxygen atoms in total. The minimum absolute atomic E-state index is 0.503. The second-order valence-corrected chi connectivity index (χ2v) is 15.2. The van der Waals surface area contributed by atoms with Crippen LogP contribution in [0.2, 0.25) is 0 Å². The van der Waals surface area contributed by atoms with Gasteiger partial charge in [-0.05, 0) is 93.5 Å². The average molecular weight is 742 g/mol. The fourth-order valence-corrected chi connectivity index (χ4v) is 9.70. The zero-order valence-electron chi connectivity index (χ0n) is 31.5. The Morgan fingerprint density at radius 2 is 0.948 bits per heavy atom. The summed E-state index contributed by atoms with van der Waals surface area (Å²) in [5.74, 6) is 0. The van der Waals surface area contributed by atoms with E-state index in [9.17, 15) is 0 Å². The van der Waals surface area contributed by atoms with Crippen LogP contribution < -0.4 is 4.90 Å². The van der Waals surface area contributed by atoms with Gasteiger partial charge in [0.1, 0.15) is 22.3 Å². The van der Waals surface area contributed by atoms with Crippen molar-refractivity contribution in [2.24, 2.45) is 0 Å². The quantitative estimate of drug-likeness (QED) is 0.170. The zero-order chi connectivity index (χ0) is 38.2. The van der Waals surface area contributed by atoms with E-state index in [0.717, 1.165) is 72.1 Å². The van der Waals surface area contributed by atoms with Crippen molar-refractivity contribution in [3.05, 3.63) is 235 Å². The molecule has 1 aliphatic carbocycles. The first-order valence-corrected chi connectivity index (χ1v) is 19.8. The molecule has 0 N–H and O–H groups in total. The molecule has 0 spiro atoms. The molecule has 0 fully saturated rings. The highest BCUT2D eigenvalue weighted by Gasteiger charge is 2.46. The Labute approximate surface area is 335 Å². The van der Waals surface area contributed by atoms with Gasteiger partial charge >= 0.3 is 0 Å². The molecule has 1 aliphatic rings. The lowest BCUT2D eigenvalue weighted by atomic mass is 9.67. The maximum atomic E-state index is 6.90. The normalized spacial score (nSPS) is 13.0. The van der Waals surface area contributed by atoms with Crippen molar-refractivity contribution in [2.75, 3.05) is 4.90 Å². The van der Waals surface area contributed by atoms with Crippen molar-refractivity contribution < 1.29 is 8.83 Å². The van der Waals surface area contributed by atoms with Crippen LogP contribution in [0.1, 0.15) is 22.3 Å². The predicted octanol–water partition coefficient (Wildman–Crippen LogP) is 15.0. The highest BCUT2D eigenvalue weighted by atomic mass is 16.3. The van der Waals surface area contributed by atoms with Crippen LogP contribution in [0, 0.1) is 0 Å². The number of anilines is 3. The molecule has 2 heterocycles. The van der Waals surface area contributed by atoms with Crippen molar-refractivity contribution in [1.29, 1.82) is 0 Å². The van der Waals surface area contributed by atoms with E-state index in [1.165, 1.54) is 33.4 Å². The third kappa shape index (κ3) is 4.68. The SMILES string of the molecule is c1ccc(N(c2cccc(-c3cccc4c3oc3c4ccc4oc5ccccc5c43)c2)c2ccc3c(c2)C(c2ccccc2)(c2ccccc2)c2ccccc2-3)cc1. The molecule has 272 valence electrons. The molecule has 0 atom stereocenters. The van der Waals surface area contributed by atoms with Crippen LogP contribution in [0.3, 0.4) is 0 Å². The largest absolute Gasteiger partial charge is 0.456 e. The third-order valence-corrected chi connectivity index (χ3v) is 12.1. The number of fused-ring (bicyclic) bond motifs is 10. The number of rotatable bonds is 6. The standard InChI is InChI=1S/C55H35NO2/c1-4-17-37(18-5-1)55(38-19-6-2-7-20-38)48-28-12-10-24-43(48)44-31-30-41(35-49(44)55)56(39-21-8-3-9-22-39)40-23-14-16-36(34-40)42-26-15-27-45-46-32-33-51-52(54(46)58-53(42)45)47-25-11-13-29-50(47)57-51/h1-35H. The van der Waals surface area contributed by atoms with Gasteiger partial charge in [-0.25, -0.2) is 0 Å². The maximum absolute atomic E-state index is 6.90. The number of hydrogen-bond donors (Lipinski definition) is 0. The van der Waals surface area contributed by atoms with Crippen molar-refractivity contribution >= 4 is 60.9 Å². The maximum Gasteiger partial charge on any atom is 0.147 e. The van der Waals surface area contributed by atoms with Gasteiger partial charge in [-0.3, -0.25) is 0 Å². The topological polar surface area (TPSA) is 29.5 Å². The molecule has 0 radical (unpaired) electrons. The van der Waals surface area contributed by atoms with E-state index in [1.807, 2.05) is 12.1 Å². The predicted molar refractivity (Wildman–Crippen MR) is 238 cm³/mol. The van der Waals surface area contributed by atoms with E-state index in [4.69, 9.17) is 8.83 Å². The molecule has 0 amide bonds. The zero-order valence-corrected chi connectivity index (χ0v) is 31.5. The molecule has 9 aromatic carbocycles. The molecule has 58 heavy (non-hydrogen) atoms. The molecule has 2 aromatic heterocycles. The molecule has 0 unspecified atom stereocenters. The van der Waals surface area contributed by atoms with E-state index in [1.54, 1.807) is 0 Å². The lowest BCUT2D eigenvalue weighted by Gasteiger charge is -2.35. The number of benzene rings is 9. The van der Waals surface area contributed by atoms with Crippen molar-refractivity contribution in [1.82, 2.24) is 0 Å². The van der Waals surface area contributed by atoms with Crippen LogP contribution in [-0.2, 0) is 5.41 Å². The Hall–Kier alpha value is -7.62. The van der Waals surface area contributed by atoms with Crippen molar-refractivity contribution in [2.45, 2.75) is 5.41 Å². The minimum Gasteiger partial charge on any atom is -0.456 e. The van der Waals surface area contributed by atoms with E-state index < -0.39 is 5.41 Å². The van der Waals surface area contributed by atoms with E-state index >= 15 is 0 Å². The summed E-state index contributed by atoms with van der Waals surface area (Å²) in [4.78, 5) is 2.38. The summed E-state index contributed by atoms with van der Waals surface area (Å²) in [5, 5.41) is 4.24. The van der Waals surface area contributed by atoms with Gasteiger partial charge in [-0.15, -0.1) is 0 Å². The first-order valence-electron chi connectivity index (χ1n) is 19.8. The van der Waals surface area contributed by atoms with Crippen LogP contribution in [0.15, 0.2) is 221 Å². The first-order chi connectivity index (χ1) is 28.8. The van der Waals surface area contributed by atoms with E-state index in [0.29, 0.717) is 0 Å². The fourth-order valence-electron chi connectivity index (χ4n) is 9.70. The molecule has 0 bridgehead atoms. The average Bonchev–Trinajstić information content (AvgIpc) is 3.96. The number of nitrogens with zero attached hydrogens (tertiary/aromatic N) is 1. The molecule has 0 saturated heterocycles. The van der Waals surface area contributed by atoms with Crippen LogP contribution in [0.25, 0.3) is 66.1 Å². The molecule has 0 saturated carbocycles. The van der Waals surface area contributed by atoms with E-state index in [-0.39, 0.29) is 0 Å². The molecule has 3 heteroatoms. The third-order valence-electron chi connectivity index (χ3n) is 12.1. The van der Waals surface area contributed by atoms with Gasteiger partial charge in [0.2, 0.25) is 0 Å². The summed E-state index contributed by atoms with van der Waals surface area (Å²) in [5.41, 5.74) is 15.8. The summed E-state index contributed by atoms with van der Waals surface area (Å²) < 4.78 is 13.1. The van der Waals surface area contributed by atoms with Crippen LogP contribution >= 0.6 is 0 Å². The van der Waals surface area contributed by atoms with Crippen LogP contribution in [-0.4, -0.2) is 0 Å². The van der Waals surface area contributed by atoms with Crippen LogP contribution in [0.4, 0.5) is 17.1 Å². The van der Waals surface area contributed by atoms with Crippen LogP contribution in [0.5, 0.6) is 0 Å². The Morgan fingerprint density at radius 3 is 1.76 bits per heavy atom. The summed E-state index contributed by atoms with van der Waals surface area (Å²) >= 11 is 0. The number of para-hydroxylation sites is 3. The molecule has 12 rings (SSSR count). The van der Waals surface area contributed by atoms with Crippen molar-refractivity contribution in [3.8, 4) is 22.3 Å². The lowest BCUT2D eigenvalue weighted by Crippen LogP contribution is -2.28. The highest BCUT2D eigenvalue weighted by Crippen LogP contribution is 2.57. The Bertz CT molecular complexity index is 3300.